The highest BCUT2D eigenvalue weighted by Crippen LogP contribution is 2.15. The molecule has 1 aliphatic heterocycles. The van der Waals surface area contributed by atoms with E-state index in [1.165, 1.54) is 37.6 Å². The largest absolute Gasteiger partial charge is 0.310 e. The van der Waals surface area contributed by atoms with Crippen LogP contribution in [-0.2, 0) is 6.54 Å². The first-order valence-electron chi connectivity index (χ1n) is 7.59. The fourth-order valence-electron chi connectivity index (χ4n) is 2.69. The minimum atomic E-state index is -0.460. The molecule has 0 atom stereocenters. The molecule has 0 saturated carbocycles. The normalized spacial score (nSPS) is 17.6. The van der Waals surface area contributed by atoms with Crippen LogP contribution in [0.4, 0.5) is 8.78 Å². The summed E-state index contributed by atoms with van der Waals surface area (Å²) in [5, 5.41) is 3.29. The van der Waals surface area contributed by atoms with Gasteiger partial charge in [0.15, 0.2) is 0 Å². The summed E-state index contributed by atoms with van der Waals surface area (Å²) in [7, 11) is 0. The van der Waals surface area contributed by atoms with E-state index in [0.717, 1.165) is 25.9 Å². The minimum absolute atomic E-state index is 0.154. The SMILES string of the molecule is CCCCN1CCC(NCc2c(F)cccc2F)CC1. The highest BCUT2D eigenvalue weighted by atomic mass is 19.1. The number of unbranched alkanes of at least 4 members (excludes halogenated alkanes) is 1. The Hall–Kier alpha value is -1.00. The van der Waals surface area contributed by atoms with Crippen LogP contribution < -0.4 is 5.32 Å². The highest BCUT2D eigenvalue weighted by Gasteiger charge is 2.19. The van der Waals surface area contributed by atoms with Crippen molar-refractivity contribution >= 4 is 0 Å². The zero-order valence-corrected chi connectivity index (χ0v) is 12.2. The Bertz CT molecular complexity index is 395. The van der Waals surface area contributed by atoms with Gasteiger partial charge in [0, 0.05) is 18.2 Å². The predicted octanol–water partition coefficient (Wildman–Crippen LogP) is 3.32. The van der Waals surface area contributed by atoms with Crippen LogP contribution >= 0.6 is 0 Å². The van der Waals surface area contributed by atoms with Crippen LogP contribution in [0.1, 0.15) is 38.2 Å². The van der Waals surface area contributed by atoms with E-state index in [-0.39, 0.29) is 12.1 Å². The third kappa shape index (κ3) is 4.25. The maximum Gasteiger partial charge on any atom is 0.130 e. The molecule has 4 heteroatoms. The molecule has 1 heterocycles. The number of nitrogens with zero attached hydrogens (tertiary/aromatic N) is 1. The van der Waals surface area contributed by atoms with Crippen molar-refractivity contribution in [1.82, 2.24) is 10.2 Å². The summed E-state index contributed by atoms with van der Waals surface area (Å²) < 4.78 is 27.0. The van der Waals surface area contributed by atoms with Crippen LogP contribution in [0.15, 0.2) is 18.2 Å². The van der Waals surface area contributed by atoms with Crippen LogP contribution in [0.25, 0.3) is 0 Å². The fourth-order valence-corrected chi connectivity index (χ4v) is 2.69. The van der Waals surface area contributed by atoms with Gasteiger partial charge in [-0.2, -0.15) is 0 Å². The summed E-state index contributed by atoms with van der Waals surface area (Å²) in [4.78, 5) is 2.48. The molecule has 0 amide bonds. The Labute approximate surface area is 120 Å². The molecule has 112 valence electrons. The van der Waals surface area contributed by atoms with E-state index in [1.807, 2.05) is 0 Å². The van der Waals surface area contributed by atoms with E-state index >= 15 is 0 Å². The molecule has 2 rings (SSSR count). The number of likely N-dealkylation sites (tertiary alicyclic amines) is 1. The summed E-state index contributed by atoms with van der Waals surface area (Å²) in [6.07, 6.45) is 4.59. The molecule has 1 saturated heterocycles. The molecule has 1 fully saturated rings. The van der Waals surface area contributed by atoms with Crippen LogP contribution in [0.2, 0.25) is 0 Å². The second-order valence-corrected chi connectivity index (χ2v) is 5.55. The molecule has 0 aromatic heterocycles. The van der Waals surface area contributed by atoms with E-state index in [4.69, 9.17) is 0 Å². The van der Waals surface area contributed by atoms with Gasteiger partial charge in [-0.1, -0.05) is 19.4 Å². The Morgan fingerprint density at radius 2 is 1.85 bits per heavy atom. The third-order valence-corrected chi connectivity index (χ3v) is 4.04. The second-order valence-electron chi connectivity index (χ2n) is 5.55. The van der Waals surface area contributed by atoms with Crippen molar-refractivity contribution in [3.05, 3.63) is 35.4 Å². The van der Waals surface area contributed by atoms with Crippen molar-refractivity contribution < 1.29 is 8.78 Å². The van der Waals surface area contributed by atoms with Crippen molar-refractivity contribution in [2.75, 3.05) is 19.6 Å². The molecule has 1 aromatic carbocycles. The van der Waals surface area contributed by atoms with Gasteiger partial charge in [-0.15, -0.1) is 0 Å². The summed E-state index contributed by atoms with van der Waals surface area (Å²) >= 11 is 0. The molecular formula is C16H24F2N2. The minimum Gasteiger partial charge on any atom is -0.310 e. The molecule has 1 aliphatic rings. The van der Waals surface area contributed by atoms with Crippen LogP contribution in [0, 0.1) is 11.6 Å². The second kappa shape index (κ2) is 7.70. The van der Waals surface area contributed by atoms with Crippen LogP contribution in [-0.4, -0.2) is 30.6 Å². The molecule has 2 nitrogen and oxygen atoms in total. The maximum atomic E-state index is 13.5. The number of benzene rings is 1. The maximum absolute atomic E-state index is 13.5. The zero-order valence-electron chi connectivity index (χ0n) is 12.2. The number of rotatable bonds is 6. The van der Waals surface area contributed by atoms with E-state index in [1.54, 1.807) is 0 Å². The number of halogens is 2. The van der Waals surface area contributed by atoms with E-state index in [9.17, 15) is 8.78 Å². The number of hydrogen-bond donors (Lipinski definition) is 1. The van der Waals surface area contributed by atoms with Crippen LogP contribution in [0.5, 0.6) is 0 Å². The lowest BCUT2D eigenvalue weighted by Crippen LogP contribution is -2.42. The summed E-state index contributed by atoms with van der Waals surface area (Å²) in [5.41, 5.74) is 0.154. The molecule has 1 N–H and O–H groups in total. The van der Waals surface area contributed by atoms with Gasteiger partial charge in [0.2, 0.25) is 0 Å². The predicted molar refractivity (Wildman–Crippen MR) is 77.6 cm³/mol. The third-order valence-electron chi connectivity index (χ3n) is 4.04. The Balaban J connectivity index is 1.76. The van der Waals surface area contributed by atoms with Gasteiger partial charge in [-0.3, -0.25) is 0 Å². The van der Waals surface area contributed by atoms with Crippen molar-refractivity contribution in [1.29, 1.82) is 0 Å². The zero-order chi connectivity index (χ0) is 14.4. The van der Waals surface area contributed by atoms with Crippen LogP contribution in [0.3, 0.4) is 0 Å². The molecule has 1 aromatic rings. The average Bonchev–Trinajstić information content (AvgIpc) is 2.46. The van der Waals surface area contributed by atoms with E-state index in [0.29, 0.717) is 6.04 Å². The molecule has 0 spiro atoms. The quantitative estimate of drug-likeness (QED) is 0.861. The first-order chi connectivity index (χ1) is 9.70. The fraction of sp³-hybridized carbons (Fsp3) is 0.625. The number of piperidine rings is 1. The first kappa shape index (κ1) is 15.4. The Morgan fingerprint density at radius 3 is 2.45 bits per heavy atom. The van der Waals surface area contributed by atoms with Crippen molar-refractivity contribution in [2.45, 2.75) is 45.2 Å². The van der Waals surface area contributed by atoms with Gasteiger partial charge in [-0.05, 0) is 51.0 Å². The van der Waals surface area contributed by atoms with Crippen molar-refractivity contribution in [2.24, 2.45) is 0 Å². The lowest BCUT2D eigenvalue weighted by molar-refractivity contribution is 0.194. The Morgan fingerprint density at radius 1 is 1.20 bits per heavy atom. The lowest BCUT2D eigenvalue weighted by Gasteiger charge is -2.32. The molecule has 0 radical (unpaired) electrons. The van der Waals surface area contributed by atoms with Gasteiger partial charge in [0.25, 0.3) is 0 Å². The average molecular weight is 282 g/mol. The Kier molecular flexibility index (Phi) is 5.92. The van der Waals surface area contributed by atoms with E-state index in [2.05, 4.69) is 17.1 Å². The molecule has 0 bridgehead atoms. The standard InChI is InChI=1S/C16H24F2N2/c1-2-3-9-20-10-7-13(8-11-20)19-12-14-15(17)5-4-6-16(14)18/h4-6,13,19H,2-3,7-12H2,1H3. The topological polar surface area (TPSA) is 15.3 Å². The highest BCUT2D eigenvalue weighted by molar-refractivity contribution is 5.19. The van der Waals surface area contributed by atoms with Gasteiger partial charge in [0.1, 0.15) is 11.6 Å². The van der Waals surface area contributed by atoms with Crippen molar-refractivity contribution in [3.8, 4) is 0 Å². The smallest absolute Gasteiger partial charge is 0.130 e. The first-order valence-corrected chi connectivity index (χ1v) is 7.59. The molecule has 0 unspecified atom stereocenters. The summed E-state index contributed by atoms with van der Waals surface area (Å²) in [5.74, 6) is -0.921. The van der Waals surface area contributed by atoms with Crippen molar-refractivity contribution in [3.63, 3.8) is 0 Å². The molecule has 20 heavy (non-hydrogen) atoms. The van der Waals surface area contributed by atoms with Gasteiger partial charge in [-0.25, -0.2) is 8.78 Å². The van der Waals surface area contributed by atoms with Gasteiger partial charge in [0.05, 0.1) is 0 Å². The summed E-state index contributed by atoms with van der Waals surface area (Å²) in [6.45, 7) is 5.81. The van der Waals surface area contributed by atoms with Gasteiger partial charge >= 0.3 is 0 Å². The molecular weight excluding hydrogens is 258 g/mol. The monoisotopic (exact) mass is 282 g/mol. The van der Waals surface area contributed by atoms with Gasteiger partial charge < -0.3 is 10.2 Å². The number of nitrogens with one attached hydrogen (secondary N) is 1. The molecule has 0 aliphatic carbocycles. The number of hydrogen-bond acceptors (Lipinski definition) is 2. The summed E-state index contributed by atoms with van der Waals surface area (Å²) in [6, 6.07) is 4.40. The van der Waals surface area contributed by atoms with E-state index < -0.39 is 11.6 Å². The lowest BCUT2D eigenvalue weighted by atomic mass is 10.0.